The molecule has 0 fully saturated rings. The highest BCUT2D eigenvalue weighted by atomic mass is 35.5. The molecule has 0 radical (unpaired) electrons. The minimum absolute atomic E-state index is 0.0883. The largest absolute Gasteiger partial charge is 0.324 e. The fourth-order valence-corrected chi connectivity index (χ4v) is 2.96. The lowest BCUT2D eigenvalue weighted by molar-refractivity contribution is 0.578. The van der Waals surface area contributed by atoms with E-state index in [4.69, 9.17) is 11.6 Å². The minimum Gasteiger partial charge on any atom is -0.324 e. The van der Waals surface area contributed by atoms with Crippen molar-refractivity contribution in [3.05, 3.63) is 41.6 Å². The number of aromatic nitrogens is 3. The molecule has 0 atom stereocenters. The molecule has 2 aromatic heterocycles. The van der Waals surface area contributed by atoms with Crippen molar-refractivity contribution in [2.75, 3.05) is 6.54 Å². The van der Waals surface area contributed by atoms with Gasteiger partial charge in [-0.3, -0.25) is 4.98 Å². The molecule has 19 heavy (non-hydrogen) atoms. The van der Waals surface area contributed by atoms with Gasteiger partial charge in [0.15, 0.2) is 0 Å². The second-order valence-electron chi connectivity index (χ2n) is 3.92. The number of hydrogen-bond donors (Lipinski definition) is 1. The van der Waals surface area contributed by atoms with Gasteiger partial charge in [-0.05, 0) is 12.1 Å². The highest BCUT2D eigenvalue weighted by molar-refractivity contribution is 7.89. The number of imidazole rings is 1. The van der Waals surface area contributed by atoms with Crippen LogP contribution in [0.4, 0.5) is 0 Å². The molecule has 0 spiro atoms. The van der Waals surface area contributed by atoms with Crippen LogP contribution in [0.25, 0.3) is 0 Å². The molecular weight excluding hydrogens is 288 g/mol. The summed E-state index contributed by atoms with van der Waals surface area (Å²) in [5.74, 6) is 0. The summed E-state index contributed by atoms with van der Waals surface area (Å²) in [6, 6.07) is 5.50. The maximum atomic E-state index is 12.0. The zero-order valence-electron chi connectivity index (χ0n) is 10.2. The molecule has 2 aromatic rings. The number of aryl methyl sites for hydroxylation is 1. The van der Waals surface area contributed by atoms with Gasteiger partial charge in [0, 0.05) is 31.9 Å². The maximum Gasteiger partial charge on any atom is 0.261 e. The van der Waals surface area contributed by atoms with Crippen LogP contribution >= 0.6 is 11.6 Å². The Bertz CT molecular complexity index is 655. The van der Waals surface area contributed by atoms with E-state index in [0.29, 0.717) is 6.42 Å². The van der Waals surface area contributed by atoms with Gasteiger partial charge in [0.2, 0.25) is 5.03 Å². The van der Waals surface area contributed by atoms with Gasteiger partial charge in [-0.15, -0.1) is 0 Å². The summed E-state index contributed by atoms with van der Waals surface area (Å²) in [6.07, 6.45) is 3.53. The van der Waals surface area contributed by atoms with E-state index < -0.39 is 10.0 Å². The number of sulfonamides is 1. The van der Waals surface area contributed by atoms with Crippen LogP contribution in [0.5, 0.6) is 0 Å². The highest BCUT2D eigenvalue weighted by Gasteiger charge is 2.21. The number of nitrogens with zero attached hydrogens (tertiary/aromatic N) is 3. The van der Waals surface area contributed by atoms with Crippen LogP contribution in [0.2, 0.25) is 5.15 Å². The Hall–Kier alpha value is -1.44. The monoisotopic (exact) mass is 300 g/mol. The van der Waals surface area contributed by atoms with Gasteiger partial charge < -0.3 is 4.57 Å². The van der Waals surface area contributed by atoms with Crippen molar-refractivity contribution in [3.8, 4) is 0 Å². The lowest BCUT2D eigenvalue weighted by atomic mass is 10.3. The van der Waals surface area contributed by atoms with E-state index in [0.717, 1.165) is 5.69 Å². The maximum absolute atomic E-state index is 12.0. The van der Waals surface area contributed by atoms with E-state index in [2.05, 4.69) is 14.7 Å². The van der Waals surface area contributed by atoms with E-state index in [9.17, 15) is 8.42 Å². The van der Waals surface area contributed by atoms with E-state index in [-0.39, 0.29) is 16.7 Å². The molecule has 0 aliphatic carbocycles. The van der Waals surface area contributed by atoms with Gasteiger partial charge in [-0.1, -0.05) is 17.7 Å². The molecule has 6 nitrogen and oxygen atoms in total. The number of halogens is 1. The molecule has 0 unspecified atom stereocenters. The SMILES string of the molecule is Cn1cnc(S(=O)(=O)NCCc2ccccn2)c1Cl. The lowest BCUT2D eigenvalue weighted by Gasteiger charge is -2.04. The van der Waals surface area contributed by atoms with E-state index >= 15 is 0 Å². The Morgan fingerprint density at radius 3 is 2.74 bits per heavy atom. The Morgan fingerprint density at radius 2 is 2.16 bits per heavy atom. The summed E-state index contributed by atoms with van der Waals surface area (Å²) in [5, 5.41) is -0.0666. The van der Waals surface area contributed by atoms with Crippen LogP contribution in [0.15, 0.2) is 35.7 Å². The van der Waals surface area contributed by atoms with Crippen molar-refractivity contribution in [3.63, 3.8) is 0 Å². The van der Waals surface area contributed by atoms with E-state index in [1.807, 2.05) is 12.1 Å². The molecule has 1 N–H and O–H groups in total. The van der Waals surface area contributed by atoms with Gasteiger partial charge in [-0.25, -0.2) is 18.1 Å². The lowest BCUT2D eigenvalue weighted by Crippen LogP contribution is -2.26. The molecule has 0 saturated heterocycles. The summed E-state index contributed by atoms with van der Waals surface area (Å²) >= 11 is 5.86. The first kappa shape index (κ1) is 14.0. The molecule has 0 aliphatic heterocycles. The van der Waals surface area contributed by atoms with Crippen molar-refractivity contribution in [1.29, 1.82) is 0 Å². The molecule has 0 bridgehead atoms. The van der Waals surface area contributed by atoms with Crippen molar-refractivity contribution in [1.82, 2.24) is 19.3 Å². The van der Waals surface area contributed by atoms with E-state index in [1.165, 1.54) is 10.9 Å². The molecular formula is C11H13ClN4O2S. The molecule has 0 aliphatic rings. The van der Waals surface area contributed by atoms with Crippen LogP contribution in [-0.2, 0) is 23.5 Å². The Balaban J connectivity index is 2.01. The number of pyridine rings is 1. The molecule has 2 rings (SSSR count). The summed E-state index contributed by atoms with van der Waals surface area (Å²) in [4.78, 5) is 7.89. The fourth-order valence-electron chi connectivity index (χ4n) is 1.50. The summed E-state index contributed by atoms with van der Waals surface area (Å²) in [7, 11) is -2.05. The molecule has 0 saturated carbocycles. The number of hydrogen-bond acceptors (Lipinski definition) is 4. The van der Waals surface area contributed by atoms with Crippen LogP contribution in [-0.4, -0.2) is 29.5 Å². The van der Waals surface area contributed by atoms with Gasteiger partial charge in [0.25, 0.3) is 10.0 Å². The Kier molecular flexibility index (Phi) is 4.18. The summed E-state index contributed by atoms with van der Waals surface area (Å²) in [6.45, 7) is 0.242. The normalized spacial score (nSPS) is 11.7. The van der Waals surface area contributed by atoms with Crippen molar-refractivity contribution in [2.45, 2.75) is 11.4 Å². The van der Waals surface area contributed by atoms with Gasteiger partial charge >= 0.3 is 0 Å². The Labute approximate surface area is 116 Å². The van der Waals surface area contributed by atoms with Crippen molar-refractivity contribution < 1.29 is 8.42 Å². The number of nitrogens with one attached hydrogen (secondary N) is 1. The van der Waals surface area contributed by atoms with Gasteiger partial charge in [0.05, 0.1) is 6.33 Å². The summed E-state index contributed by atoms with van der Waals surface area (Å²) < 4.78 is 27.8. The van der Waals surface area contributed by atoms with Crippen molar-refractivity contribution >= 4 is 21.6 Å². The van der Waals surface area contributed by atoms with Crippen LogP contribution in [0, 0.1) is 0 Å². The standard InChI is InChI=1S/C11H13ClN4O2S/c1-16-8-14-11(10(16)12)19(17,18)15-7-5-9-4-2-3-6-13-9/h2-4,6,8,15H,5,7H2,1H3. The third-order valence-electron chi connectivity index (χ3n) is 2.49. The molecule has 0 amide bonds. The second kappa shape index (κ2) is 5.68. The zero-order valence-corrected chi connectivity index (χ0v) is 11.8. The first-order chi connectivity index (χ1) is 9.00. The average molecular weight is 301 g/mol. The summed E-state index contributed by atoms with van der Waals surface area (Å²) in [5.41, 5.74) is 0.817. The van der Waals surface area contributed by atoms with Gasteiger partial charge in [0.1, 0.15) is 5.15 Å². The zero-order chi connectivity index (χ0) is 13.9. The first-order valence-electron chi connectivity index (χ1n) is 5.57. The first-order valence-corrected chi connectivity index (χ1v) is 7.43. The molecule has 2 heterocycles. The third-order valence-corrected chi connectivity index (χ3v) is 4.44. The quantitative estimate of drug-likeness (QED) is 0.893. The predicted molar refractivity (Wildman–Crippen MR) is 71.3 cm³/mol. The van der Waals surface area contributed by atoms with E-state index in [1.54, 1.807) is 19.3 Å². The minimum atomic E-state index is -3.68. The molecule has 0 aromatic carbocycles. The second-order valence-corrected chi connectivity index (χ2v) is 5.96. The average Bonchev–Trinajstić information content (AvgIpc) is 2.72. The number of rotatable bonds is 5. The third kappa shape index (κ3) is 3.31. The van der Waals surface area contributed by atoms with Crippen LogP contribution in [0.1, 0.15) is 5.69 Å². The predicted octanol–water partition coefficient (Wildman–Crippen LogP) is 0.989. The smallest absolute Gasteiger partial charge is 0.261 e. The van der Waals surface area contributed by atoms with Crippen LogP contribution in [0.3, 0.4) is 0 Å². The molecule has 8 heteroatoms. The fraction of sp³-hybridized carbons (Fsp3) is 0.273. The van der Waals surface area contributed by atoms with Gasteiger partial charge in [-0.2, -0.15) is 0 Å². The topological polar surface area (TPSA) is 76.9 Å². The highest BCUT2D eigenvalue weighted by Crippen LogP contribution is 2.17. The Morgan fingerprint density at radius 1 is 1.37 bits per heavy atom. The van der Waals surface area contributed by atoms with Crippen LogP contribution < -0.4 is 4.72 Å². The van der Waals surface area contributed by atoms with Crippen molar-refractivity contribution in [2.24, 2.45) is 7.05 Å². The molecule has 102 valence electrons.